The van der Waals surface area contributed by atoms with E-state index in [2.05, 4.69) is 40.7 Å². The lowest BCUT2D eigenvalue weighted by Gasteiger charge is -2.33. The maximum Gasteiger partial charge on any atom is 0.237 e. The molecule has 3 aliphatic heterocycles. The number of rotatable bonds is 2. The number of benzene rings is 1. The predicted octanol–water partition coefficient (Wildman–Crippen LogP) is 1.84. The molecule has 24 heavy (non-hydrogen) atoms. The van der Waals surface area contributed by atoms with Gasteiger partial charge in [-0.25, -0.2) is 0 Å². The van der Waals surface area contributed by atoms with Gasteiger partial charge < -0.3 is 10.6 Å². The van der Waals surface area contributed by atoms with Crippen LogP contribution in [0.2, 0.25) is 0 Å². The molecule has 3 unspecified atom stereocenters. The number of hydrogen-bond acceptors (Lipinski definition) is 3. The van der Waals surface area contributed by atoms with Crippen molar-refractivity contribution in [1.29, 1.82) is 0 Å². The first-order chi connectivity index (χ1) is 11.6. The molecule has 2 fully saturated rings. The van der Waals surface area contributed by atoms with Crippen molar-refractivity contribution in [2.45, 2.75) is 57.2 Å². The second-order valence-electron chi connectivity index (χ2n) is 7.24. The number of carbonyl (C=O) groups is 2. The van der Waals surface area contributed by atoms with Crippen molar-refractivity contribution in [1.82, 2.24) is 15.5 Å². The second kappa shape index (κ2) is 6.20. The fraction of sp³-hybridized carbons (Fsp3) is 0.579. The first-order valence-corrected chi connectivity index (χ1v) is 9.09. The lowest BCUT2D eigenvalue weighted by atomic mass is 9.88. The summed E-state index contributed by atoms with van der Waals surface area (Å²) in [5, 5.41) is 5.97. The zero-order chi connectivity index (χ0) is 16.7. The highest BCUT2D eigenvalue weighted by Crippen LogP contribution is 2.38. The Morgan fingerprint density at radius 2 is 1.79 bits per heavy atom. The minimum Gasteiger partial charge on any atom is -0.356 e. The Labute approximate surface area is 142 Å². The van der Waals surface area contributed by atoms with Crippen LogP contribution in [-0.2, 0) is 16.1 Å². The van der Waals surface area contributed by atoms with Crippen LogP contribution in [0.25, 0.3) is 0 Å². The third-order valence-corrected chi connectivity index (χ3v) is 5.81. The van der Waals surface area contributed by atoms with E-state index in [0.29, 0.717) is 0 Å². The van der Waals surface area contributed by atoms with Crippen LogP contribution in [0.3, 0.4) is 0 Å². The van der Waals surface area contributed by atoms with Gasteiger partial charge in [-0.15, -0.1) is 0 Å². The lowest BCUT2D eigenvalue weighted by molar-refractivity contribution is -0.129. The summed E-state index contributed by atoms with van der Waals surface area (Å²) in [6.45, 7) is 4.59. The van der Waals surface area contributed by atoms with E-state index in [-0.39, 0.29) is 29.8 Å². The van der Waals surface area contributed by atoms with E-state index in [1.807, 2.05) is 0 Å². The summed E-state index contributed by atoms with van der Waals surface area (Å²) < 4.78 is 0. The van der Waals surface area contributed by atoms with Gasteiger partial charge in [0.25, 0.3) is 0 Å². The minimum absolute atomic E-state index is 0.0247. The van der Waals surface area contributed by atoms with Crippen LogP contribution in [0.5, 0.6) is 0 Å². The van der Waals surface area contributed by atoms with Crippen molar-refractivity contribution in [2.24, 2.45) is 0 Å². The molecule has 2 saturated heterocycles. The van der Waals surface area contributed by atoms with Crippen molar-refractivity contribution < 1.29 is 9.59 Å². The zero-order valence-electron chi connectivity index (χ0n) is 14.2. The van der Waals surface area contributed by atoms with Crippen molar-refractivity contribution in [3.63, 3.8) is 0 Å². The predicted molar refractivity (Wildman–Crippen MR) is 91.4 cm³/mol. The maximum absolute atomic E-state index is 12.2. The summed E-state index contributed by atoms with van der Waals surface area (Å²) in [5.74, 6) is 0.284. The van der Waals surface area contributed by atoms with Gasteiger partial charge in [-0.2, -0.15) is 0 Å². The van der Waals surface area contributed by atoms with Crippen LogP contribution >= 0.6 is 0 Å². The van der Waals surface area contributed by atoms with E-state index in [0.717, 1.165) is 50.9 Å². The molecule has 3 aliphatic rings. The summed E-state index contributed by atoms with van der Waals surface area (Å²) in [6, 6.07) is 6.66. The monoisotopic (exact) mass is 327 g/mol. The van der Waals surface area contributed by atoms with Crippen molar-refractivity contribution in [3.05, 3.63) is 34.9 Å². The van der Waals surface area contributed by atoms with E-state index in [1.165, 1.54) is 11.1 Å². The molecule has 0 saturated carbocycles. The van der Waals surface area contributed by atoms with Gasteiger partial charge >= 0.3 is 0 Å². The van der Waals surface area contributed by atoms with Gasteiger partial charge in [0.05, 0.1) is 12.0 Å². The number of piperidine rings is 2. The topological polar surface area (TPSA) is 61.4 Å². The van der Waals surface area contributed by atoms with Gasteiger partial charge in [0, 0.05) is 25.7 Å². The standard InChI is InChI=1S/C19H25N3O2/c1-12-16-10-13(15-4-2-8-20-18(15)23)6-7-14(16)11-22(12)17-5-3-9-21-19(17)24/h6-7,10,12,15,17H,2-5,8-9,11H2,1H3,(H,20,23)(H,21,24). The zero-order valence-corrected chi connectivity index (χ0v) is 14.2. The van der Waals surface area contributed by atoms with Crippen LogP contribution in [0.15, 0.2) is 18.2 Å². The summed E-state index contributed by atoms with van der Waals surface area (Å²) in [6.07, 6.45) is 3.94. The smallest absolute Gasteiger partial charge is 0.237 e. The van der Waals surface area contributed by atoms with E-state index < -0.39 is 0 Å². The van der Waals surface area contributed by atoms with Crippen LogP contribution in [0.1, 0.15) is 61.3 Å². The Hall–Kier alpha value is -1.88. The fourth-order valence-corrected chi connectivity index (χ4v) is 4.42. The molecule has 3 atom stereocenters. The van der Waals surface area contributed by atoms with Crippen molar-refractivity contribution in [3.8, 4) is 0 Å². The number of carbonyl (C=O) groups excluding carboxylic acids is 2. The summed E-state index contributed by atoms with van der Waals surface area (Å²) in [4.78, 5) is 26.7. The van der Waals surface area contributed by atoms with Crippen LogP contribution < -0.4 is 10.6 Å². The first-order valence-electron chi connectivity index (χ1n) is 9.09. The van der Waals surface area contributed by atoms with Crippen LogP contribution in [-0.4, -0.2) is 35.8 Å². The average Bonchev–Trinajstić information content (AvgIpc) is 2.92. The highest BCUT2D eigenvalue weighted by Gasteiger charge is 2.37. The molecule has 0 aliphatic carbocycles. The number of nitrogens with zero attached hydrogens (tertiary/aromatic N) is 1. The van der Waals surface area contributed by atoms with Gasteiger partial charge in [0.2, 0.25) is 11.8 Å². The summed E-state index contributed by atoms with van der Waals surface area (Å²) >= 11 is 0. The Bertz CT molecular complexity index is 673. The third kappa shape index (κ3) is 2.61. The molecule has 0 aromatic heterocycles. The van der Waals surface area contributed by atoms with Gasteiger partial charge in [-0.3, -0.25) is 14.5 Å². The summed E-state index contributed by atoms with van der Waals surface area (Å²) in [5.41, 5.74) is 3.69. The van der Waals surface area contributed by atoms with E-state index in [9.17, 15) is 9.59 Å². The number of amides is 2. The van der Waals surface area contributed by atoms with E-state index >= 15 is 0 Å². The molecule has 5 nitrogen and oxygen atoms in total. The van der Waals surface area contributed by atoms with Crippen LogP contribution in [0, 0.1) is 0 Å². The number of fused-ring (bicyclic) bond motifs is 1. The molecule has 0 bridgehead atoms. The molecule has 2 amide bonds. The molecule has 5 heteroatoms. The molecule has 4 rings (SSSR count). The largest absolute Gasteiger partial charge is 0.356 e. The molecule has 1 aromatic rings. The van der Waals surface area contributed by atoms with Gasteiger partial charge in [-0.1, -0.05) is 18.2 Å². The second-order valence-corrected chi connectivity index (χ2v) is 7.24. The van der Waals surface area contributed by atoms with Crippen LogP contribution in [0.4, 0.5) is 0 Å². The molecule has 0 radical (unpaired) electrons. The maximum atomic E-state index is 12.2. The van der Waals surface area contributed by atoms with Crippen molar-refractivity contribution >= 4 is 11.8 Å². The van der Waals surface area contributed by atoms with Gasteiger partial charge in [0.1, 0.15) is 0 Å². The molecule has 1 aromatic carbocycles. The quantitative estimate of drug-likeness (QED) is 0.871. The third-order valence-electron chi connectivity index (χ3n) is 5.81. The molecule has 3 heterocycles. The first kappa shape index (κ1) is 15.6. The molecule has 128 valence electrons. The Morgan fingerprint density at radius 1 is 1.04 bits per heavy atom. The lowest BCUT2D eigenvalue weighted by Crippen LogP contribution is -2.49. The average molecular weight is 327 g/mol. The van der Waals surface area contributed by atoms with Gasteiger partial charge in [-0.05, 0) is 49.3 Å². The highest BCUT2D eigenvalue weighted by molar-refractivity contribution is 5.84. The fourth-order valence-electron chi connectivity index (χ4n) is 4.42. The van der Waals surface area contributed by atoms with E-state index in [4.69, 9.17) is 0 Å². The SMILES string of the molecule is CC1c2cc(C3CCCNC3=O)ccc2CN1C1CCCNC1=O. The normalized spacial score (nSPS) is 30.6. The highest BCUT2D eigenvalue weighted by atomic mass is 16.2. The van der Waals surface area contributed by atoms with Gasteiger partial charge in [0.15, 0.2) is 0 Å². The molecule has 0 spiro atoms. The Kier molecular flexibility index (Phi) is 4.04. The van der Waals surface area contributed by atoms with Crippen molar-refractivity contribution in [2.75, 3.05) is 13.1 Å². The number of hydrogen-bond donors (Lipinski definition) is 2. The number of nitrogens with one attached hydrogen (secondary N) is 2. The molecular formula is C19H25N3O2. The Morgan fingerprint density at radius 3 is 2.54 bits per heavy atom. The minimum atomic E-state index is -0.0254. The Balaban J connectivity index is 1.58. The summed E-state index contributed by atoms with van der Waals surface area (Å²) in [7, 11) is 0. The molecule has 2 N–H and O–H groups in total. The molecular weight excluding hydrogens is 302 g/mol. The van der Waals surface area contributed by atoms with E-state index in [1.54, 1.807) is 0 Å².